The van der Waals surface area contributed by atoms with Gasteiger partial charge in [-0.2, -0.15) is 4.31 Å². The molecule has 10 heteroatoms. The number of benzene rings is 2. The smallest absolute Gasteiger partial charge is 0.258 e. The quantitative estimate of drug-likeness (QED) is 0.458. The number of nitro groups is 1. The molecular weight excluding hydrogens is 410 g/mol. The summed E-state index contributed by atoms with van der Waals surface area (Å²) in [7, 11) is -3.91. The summed E-state index contributed by atoms with van der Waals surface area (Å²) < 4.78 is 28.7. The molecule has 2 heterocycles. The molecule has 3 aromatic rings. The Balaban J connectivity index is 1.74. The van der Waals surface area contributed by atoms with Crippen LogP contribution in [-0.2, 0) is 10.0 Å². The lowest BCUT2D eigenvalue weighted by Crippen LogP contribution is -2.30. The number of rotatable bonds is 4. The van der Waals surface area contributed by atoms with Gasteiger partial charge in [0.1, 0.15) is 10.0 Å². The number of nitro benzene ring substituents is 1. The summed E-state index contributed by atoms with van der Waals surface area (Å²) in [5.74, 6) is 0. The fourth-order valence-corrected chi connectivity index (χ4v) is 6.29. The van der Waals surface area contributed by atoms with Gasteiger partial charge in [-0.25, -0.2) is 13.4 Å². The van der Waals surface area contributed by atoms with Gasteiger partial charge in [0.15, 0.2) is 0 Å². The van der Waals surface area contributed by atoms with E-state index in [-0.39, 0.29) is 16.0 Å². The first-order valence-electron chi connectivity index (χ1n) is 8.19. The van der Waals surface area contributed by atoms with Gasteiger partial charge in [-0.15, -0.1) is 11.3 Å². The van der Waals surface area contributed by atoms with Crippen molar-refractivity contribution in [3.63, 3.8) is 0 Å². The Bertz CT molecular complexity index is 1110. The van der Waals surface area contributed by atoms with E-state index in [4.69, 9.17) is 11.6 Å². The number of halogens is 1. The molecule has 2 aromatic carbocycles. The minimum absolute atomic E-state index is 0.0944. The van der Waals surface area contributed by atoms with E-state index in [1.807, 2.05) is 24.3 Å². The molecule has 7 nitrogen and oxygen atoms in total. The minimum atomic E-state index is -3.91. The maximum Gasteiger partial charge on any atom is 0.289 e. The third-order valence-electron chi connectivity index (χ3n) is 4.52. The number of sulfonamides is 1. The van der Waals surface area contributed by atoms with Gasteiger partial charge in [0.05, 0.1) is 26.1 Å². The standard InChI is InChI=1S/C17H14ClN3O4S2/c18-12-8-7-11(10-15(12)21(22)23)27(24,25)20-9-3-5-14(20)17-19-13-4-1-2-6-16(13)26-17/h1-2,4,6-8,10,14H,3,5,9H2/t14-/m1/s1. The van der Waals surface area contributed by atoms with E-state index in [1.165, 1.54) is 27.8 Å². The molecule has 4 rings (SSSR count). The molecule has 1 saturated heterocycles. The summed E-state index contributed by atoms with van der Waals surface area (Å²) in [6, 6.07) is 10.8. The normalized spacial score (nSPS) is 18.2. The minimum Gasteiger partial charge on any atom is -0.258 e. The summed E-state index contributed by atoms with van der Waals surface area (Å²) >= 11 is 7.29. The monoisotopic (exact) mass is 423 g/mol. The Hall–Kier alpha value is -2.07. The summed E-state index contributed by atoms with van der Waals surface area (Å²) in [6.45, 7) is 0.347. The van der Waals surface area contributed by atoms with Crippen LogP contribution in [0.3, 0.4) is 0 Å². The van der Waals surface area contributed by atoms with E-state index < -0.39 is 20.6 Å². The highest BCUT2D eigenvalue weighted by atomic mass is 35.5. The van der Waals surface area contributed by atoms with Crippen molar-refractivity contribution in [1.29, 1.82) is 0 Å². The predicted molar refractivity (Wildman–Crippen MR) is 104 cm³/mol. The molecule has 1 aliphatic heterocycles. The Morgan fingerprint density at radius 2 is 2.04 bits per heavy atom. The molecule has 0 bridgehead atoms. The first-order chi connectivity index (χ1) is 12.9. The predicted octanol–water partition coefficient (Wildman–Crippen LogP) is 4.38. The molecule has 0 radical (unpaired) electrons. The second-order valence-corrected chi connectivity index (χ2v) is 9.52. The van der Waals surface area contributed by atoms with Crippen molar-refractivity contribution in [2.24, 2.45) is 0 Å². The van der Waals surface area contributed by atoms with Crippen molar-refractivity contribution in [1.82, 2.24) is 9.29 Å². The molecule has 0 aliphatic carbocycles. The molecule has 140 valence electrons. The van der Waals surface area contributed by atoms with Gasteiger partial charge in [-0.05, 0) is 37.1 Å². The highest BCUT2D eigenvalue weighted by Crippen LogP contribution is 2.40. The second-order valence-electron chi connectivity index (χ2n) is 6.16. The molecule has 1 aliphatic rings. The maximum atomic E-state index is 13.2. The lowest BCUT2D eigenvalue weighted by atomic mass is 10.2. The van der Waals surface area contributed by atoms with Gasteiger partial charge in [-0.3, -0.25) is 10.1 Å². The number of hydrogen-bond donors (Lipinski definition) is 0. The van der Waals surface area contributed by atoms with Crippen LogP contribution in [0.15, 0.2) is 47.4 Å². The third-order valence-corrected chi connectivity index (χ3v) is 7.88. The van der Waals surface area contributed by atoms with Gasteiger partial charge >= 0.3 is 0 Å². The van der Waals surface area contributed by atoms with Crippen LogP contribution in [0, 0.1) is 10.1 Å². The van der Waals surface area contributed by atoms with Crippen molar-refractivity contribution < 1.29 is 13.3 Å². The fourth-order valence-electron chi connectivity index (χ4n) is 3.24. The van der Waals surface area contributed by atoms with E-state index >= 15 is 0 Å². The fraction of sp³-hybridized carbons (Fsp3) is 0.235. The van der Waals surface area contributed by atoms with Crippen molar-refractivity contribution in [2.75, 3.05) is 6.54 Å². The largest absolute Gasteiger partial charge is 0.289 e. The lowest BCUT2D eigenvalue weighted by Gasteiger charge is -2.22. The third kappa shape index (κ3) is 3.20. The van der Waals surface area contributed by atoms with Gasteiger partial charge < -0.3 is 0 Å². The summed E-state index contributed by atoms with van der Waals surface area (Å²) in [4.78, 5) is 14.9. The van der Waals surface area contributed by atoms with Crippen LogP contribution in [0.2, 0.25) is 5.02 Å². The van der Waals surface area contributed by atoms with Gasteiger partial charge in [0.25, 0.3) is 5.69 Å². The van der Waals surface area contributed by atoms with E-state index in [9.17, 15) is 18.5 Å². The first kappa shape index (κ1) is 18.3. The summed E-state index contributed by atoms with van der Waals surface area (Å²) in [5, 5.41) is 11.8. The molecular formula is C17H14ClN3O4S2. The van der Waals surface area contributed by atoms with Crippen LogP contribution in [0.4, 0.5) is 5.69 Å². The molecule has 0 spiro atoms. The van der Waals surface area contributed by atoms with Gasteiger partial charge in [0.2, 0.25) is 10.0 Å². The van der Waals surface area contributed by atoms with Crippen LogP contribution in [-0.4, -0.2) is 29.2 Å². The zero-order chi connectivity index (χ0) is 19.2. The van der Waals surface area contributed by atoms with Crippen LogP contribution >= 0.6 is 22.9 Å². The molecule has 0 amide bonds. The van der Waals surface area contributed by atoms with Crippen LogP contribution < -0.4 is 0 Å². The van der Waals surface area contributed by atoms with Gasteiger partial charge in [-0.1, -0.05) is 23.7 Å². The van der Waals surface area contributed by atoms with E-state index in [0.29, 0.717) is 19.4 Å². The highest BCUT2D eigenvalue weighted by Gasteiger charge is 2.38. The van der Waals surface area contributed by atoms with Crippen LogP contribution in [0.5, 0.6) is 0 Å². The van der Waals surface area contributed by atoms with E-state index in [0.717, 1.165) is 21.3 Å². The molecule has 0 N–H and O–H groups in total. The number of hydrogen-bond acceptors (Lipinski definition) is 6. The number of thiazole rings is 1. The van der Waals surface area contributed by atoms with E-state index in [1.54, 1.807) is 0 Å². The Morgan fingerprint density at radius 1 is 1.26 bits per heavy atom. The van der Waals surface area contributed by atoms with E-state index in [2.05, 4.69) is 4.98 Å². The molecule has 0 saturated carbocycles. The van der Waals surface area contributed by atoms with Crippen molar-refractivity contribution >= 4 is 48.9 Å². The lowest BCUT2D eigenvalue weighted by molar-refractivity contribution is -0.384. The second kappa shape index (κ2) is 6.83. The number of para-hydroxylation sites is 1. The Kier molecular flexibility index (Phi) is 4.63. The SMILES string of the molecule is O=[N+]([O-])c1cc(S(=O)(=O)N2CCC[C@@H]2c2nc3ccccc3s2)ccc1Cl. The highest BCUT2D eigenvalue weighted by molar-refractivity contribution is 7.89. The summed E-state index contributed by atoms with van der Waals surface area (Å²) in [5.41, 5.74) is 0.414. The molecule has 0 unspecified atom stereocenters. The topological polar surface area (TPSA) is 93.4 Å². The Morgan fingerprint density at radius 3 is 2.78 bits per heavy atom. The number of fused-ring (bicyclic) bond motifs is 1. The maximum absolute atomic E-state index is 13.2. The zero-order valence-corrected chi connectivity index (χ0v) is 16.3. The molecule has 27 heavy (non-hydrogen) atoms. The number of aromatic nitrogens is 1. The number of nitrogens with zero attached hydrogens (tertiary/aromatic N) is 3. The average Bonchev–Trinajstić information content (AvgIpc) is 3.28. The van der Waals surface area contributed by atoms with Crippen molar-refractivity contribution in [3.05, 3.63) is 62.6 Å². The Labute approximate surface area is 164 Å². The first-order valence-corrected chi connectivity index (χ1v) is 10.8. The van der Waals surface area contributed by atoms with Crippen LogP contribution in [0.25, 0.3) is 10.2 Å². The average molecular weight is 424 g/mol. The summed E-state index contributed by atoms with van der Waals surface area (Å²) in [6.07, 6.45) is 1.37. The van der Waals surface area contributed by atoms with Crippen molar-refractivity contribution in [3.8, 4) is 0 Å². The van der Waals surface area contributed by atoms with Crippen LogP contribution in [0.1, 0.15) is 23.9 Å². The zero-order valence-electron chi connectivity index (χ0n) is 13.9. The van der Waals surface area contributed by atoms with Crippen molar-refractivity contribution in [2.45, 2.75) is 23.8 Å². The van der Waals surface area contributed by atoms with Gasteiger partial charge in [0, 0.05) is 12.6 Å². The molecule has 1 aromatic heterocycles. The molecule has 1 atom stereocenters. The molecule has 1 fully saturated rings.